The zero-order chi connectivity index (χ0) is 9.84. The predicted octanol–water partition coefficient (Wildman–Crippen LogP) is 2.78. The Morgan fingerprint density at radius 1 is 1.38 bits per heavy atom. The molecule has 1 rings (SSSR count). The molecule has 0 saturated carbocycles. The monoisotopic (exact) mass is 214 g/mol. The second-order valence-corrected chi connectivity index (χ2v) is 3.30. The van der Waals surface area contributed by atoms with E-state index in [9.17, 15) is 0 Å². The van der Waals surface area contributed by atoms with E-state index in [0.717, 1.165) is 0 Å². The van der Waals surface area contributed by atoms with Crippen molar-refractivity contribution >= 4 is 23.2 Å². The molecule has 0 aliphatic rings. The third-order valence-corrected chi connectivity index (χ3v) is 2.37. The number of hydrogen-bond acceptors (Lipinski definition) is 2. The maximum Gasteiger partial charge on any atom is 0.124 e. The maximum absolute atomic E-state index is 8.80. The van der Waals surface area contributed by atoms with Gasteiger partial charge < -0.3 is 5.32 Å². The highest BCUT2D eigenvalue weighted by Gasteiger charge is 2.14. The first-order valence-corrected chi connectivity index (χ1v) is 4.47. The van der Waals surface area contributed by atoms with Gasteiger partial charge in [0.1, 0.15) is 6.04 Å². The fraction of sp³-hybridized carbons (Fsp3) is 0.222. The lowest BCUT2D eigenvalue weighted by atomic mass is 10.1. The summed E-state index contributed by atoms with van der Waals surface area (Å²) in [6, 6.07) is 6.79. The van der Waals surface area contributed by atoms with Crippen molar-refractivity contribution in [1.82, 2.24) is 5.32 Å². The van der Waals surface area contributed by atoms with Crippen LogP contribution in [-0.2, 0) is 0 Å². The van der Waals surface area contributed by atoms with Gasteiger partial charge in [-0.1, -0.05) is 29.3 Å². The van der Waals surface area contributed by atoms with Crippen molar-refractivity contribution < 1.29 is 0 Å². The standard InChI is InChI=1S/C9H8Cl2N2/c1-13-8(5-12)9-6(10)3-2-4-7(9)11/h2-4,8,13H,1H3/t8-/m1/s1. The molecule has 0 radical (unpaired) electrons. The van der Waals surface area contributed by atoms with Crippen LogP contribution in [0.2, 0.25) is 10.0 Å². The number of rotatable bonds is 2. The van der Waals surface area contributed by atoms with Crippen LogP contribution in [0.15, 0.2) is 18.2 Å². The Kier molecular flexibility index (Phi) is 3.56. The lowest BCUT2D eigenvalue weighted by Gasteiger charge is -2.11. The molecule has 0 saturated heterocycles. The first-order valence-electron chi connectivity index (χ1n) is 3.71. The Labute approximate surface area is 87.1 Å². The molecule has 0 amide bonds. The van der Waals surface area contributed by atoms with Crippen LogP contribution < -0.4 is 5.32 Å². The molecular weight excluding hydrogens is 207 g/mol. The topological polar surface area (TPSA) is 35.8 Å². The Hall–Kier alpha value is -0.750. The molecule has 1 aromatic rings. The summed E-state index contributed by atoms with van der Waals surface area (Å²) < 4.78 is 0. The molecule has 0 aliphatic carbocycles. The molecule has 0 spiro atoms. The van der Waals surface area contributed by atoms with Gasteiger partial charge in [0.2, 0.25) is 0 Å². The summed E-state index contributed by atoms with van der Waals surface area (Å²) >= 11 is 11.8. The summed E-state index contributed by atoms with van der Waals surface area (Å²) in [5.41, 5.74) is 0.635. The molecule has 0 aromatic heterocycles. The van der Waals surface area contributed by atoms with Crippen molar-refractivity contribution in [2.75, 3.05) is 7.05 Å². The smallest absolute Gasteiger partial charge is 0.124 e. The summed E-state index contributed by atoms with van der Waals surface area (Å²) in [5, 5.41) is 12.6. The van der Waals surface area contributed by atoms with Crippen LogP contribution in [0.4, 0.5) is 0 Å². The van der Waals surface area contributed by atoms with Gasteiger partial charge in [0.25, 0.3) is 0 Å². The molecule has 1 N–H and O–H groups in total. The minimum absolute atomic E-state index is 0.457. The number of hydrogen-bond donors (Lipinski definition) is 1. The minimum Gasteiger partial charge on any atom is -0.301 e. The van der Waals surface area contributed by atoms with Crippen molar-refractivity contribution in [3.8, 4) is 6.07 Å². The van der Waals surface area contributed by atoms with Gasteiger partial charge >= 0.3 is 0 Å². The summed E-state index contributed by atoms with van der Waals surface area (Å²) in [7, 11) is 1.69. The van der Waals surface area contributed by atoms with Crippen molar-refractivity contribution in [2.24, 2.45) is 0 Å². The van der Waals surface area contributed by atoms with E-state index in [4.69, 9.17) is 28.5 Å². The van der Waals surface area contributed by atoms with Crippen molar-refractivity contribution in [1.29, 1.82) is 5.26 Å². The van der Waals surface area contributed by atoms with Gasteiger partial charge in [-0.3, -0.25) is 0 Å². The van der Waals surface area contributed by atoms with Crippen molar-refractivity contribution in [2.45, 2.75) is 6.04 Å². The van der Waals surface area contributed by atoms with E-state index >= 15 is 0 Å². The van der Waals surface area contributed by atoms with Gasteiger partial charge in [-0.05, 0) is 19.2 Å². The van der Waals surface area contributed by atoms with E-state index in [2.05, 4.69) is 11.4 Å². The lowest BCUT2D eigenvalue weighted by molar-refractivity contribution is 0.727. The van der Waals surface area contributed by atoms with Gasteiger partial charge in [-0.25, -0.2) is 0 Å². The van der Waals surface area contributed by atoms with E-state index in [0.29, 0.717) is 15.6 Å². The van der Waals surface area contributed by atoms with Crippen LogP contribution in [0.25, 0.3) is 0 Å². The third-order valence-electron chi connectivity index (χ3n) is 1.71. The van der Waals surface area contributed by atoms with E-state index in [-0.39, 0.29) is 0 Å². The zero-order valence-corrected chi connectivity index (χ0v) is 8.52. The second-order valence-electron chi connectivity index (χ2n) is 2.49. The predicted molar refractivity (Wildman–Crippen MR) is 53.9 cm³/mol. The van der Waals surface area contributed by atoms with Crippen LogP contribution in [0, 0.1) is 11.3 Å². The molecule has 0 heterocycles. The summed E-state index contributed by atoms with van der Waals surface area (Å²) in [4.78, 5) is 0. The highest BCUT2D eigenvalue weighted by molar-refractivity contribution is 6.36. The number of nitrogens with zero attached hydrogens (tertiary/aromatic N) is 1. The SMILES string of the molecule is CN[C@H](C#N)c1c(Cl)cccc1Cl. The highest BCUT2D eigenvalue weighted by Crippen LogP contribution is 2.29. The minimum atomic E-state index is -0.457. The van der Waals surface area contributed by atoms with Gasteiger partial charge in [0.15, 0.2) is 0 Å². The number of halogens is 2. The molecule has 4 heteroatoms. The van der Waals surface area contributed by atoms with E-state index in [1.54, 1.807) is 25.2 Å². The second kappa shape index (κ2) is 4.48. The molecule has 13 heavy (non-hydrogen) atoms. The molecule has 68 valence electrons. The molecular formula is C9H8Cl2N2. The molecule has 0 unspecified atom stereocenters. The number of nitriles is 1. The van der Waals surface area contributed by atoms with Gasteiger partial charge in [0, 0.05) is 15.6 Å². The van der Waals surface area contributed by atoms with Crippen molar-refractivity contribution in [3.05, 3.63) is 33.8 Å². The normalized spacial score (nSPS) is 12.2. The Balaban J connectivity index is 3.20. The first-order chi connectivity index (χ1) is 6.20. The molecule has 1 aromatic carbocycles. The average molecular weight is 215 g/mol. The molecule has 0 fully saturated rings. The van der Waals surface area contributed by atoms with Gasteiger partial charge in [-0.2, -0.15) is 5.26 Å². The zero-order valence-electron chi connectivity index (χ0n) is 7.01. The average Bonchev–Trinajstić information content (AvgIpc) is 2.11. The molecule has 1 atom stereocenters. The van der Waals surface area contributed by atoms with Crippen LogP contribution in [0.1, 0.15) is 11.6 Å². The Bertz CT molecular complexity index is 324. The molecule has 0 aliphatic heterocycles. The molecule has 0 bridgehead atoms. The fourth-order valence-electron chi connectivity index (χ4n) is 1.06. The number of nitrogens with one attached hydrogen (secondary N) is 1. The largest absolute Gasteiger partial charge is 0.301 e. The molecule has 2 nitrogen and oxygen atoms in total. The lowest BCUT2D eigenvalue weighted by Crippen LogP contribution is -2.14. The van der Waals surface area contributed by atoms with E-state index in [1.165, 1.54) is 0 Å². The van der Waals surface area contributed by atoms with Crippen LogP contribution in [0.3, 0.4) is 0 Å². The van der Waals surface area contributed by atoms with E-state index < -0.39 is 6.04 Å². The van der Waals surface area contributed by atoms with Crippen LogP contribution in [-0.4, -0.2) is 7.05 Å². The van der Waals surface area contributed by atoms with Crippen LogP contribution in [0.5, 0.6) is 0 Å². The third kappa shape index (κ3) is 2.13. The quantitative estimate of drug-likeness (QED) is 0.823. The maximum atomic E-state index is 8.80. The summed E-state index contributed by atoms with van der Waals surface area (Å²) in [6.45, 7) is 0. The van der Waals surface area contributed by atoms with Gasteiger partial charge in [0.05, 0.1) is 6.07 Å². The fourth-order valence-corrected chi connectivity index (χ4v) is 1.68. The summed E-state index contributed by atoms with van der Waals surface area (Å²) in [5.74, 6) is 0. The van der Waals surface area contributed by atoms with Crippen molar-refractivity contribution in [3.63, 3.8) is 0 Å². The van der Waals surface area contributed by atoms with E-state index in [1.807, 2.05) is 0 Å². The Morgan fingerprint density at radius 2 is 1.92 bits per heavy atom. The van der Waals surface area contributed by atoms with Crippen LogP contribution >= 0.6 is 23.2 Å². The van der Waals surface area contributed by atoms with Gasteiger partial charge in [-0.15, -0.1) is 0 Å². The Morgan fingerprint density at radius 3 is 2.31 bits per heavy atom. The first kappa shape index (κ1) is 10.3. The number of benzene rings is 1. The summed E-state index contributed by atoms with van der Waals surface area (Å²) in [6.07, 6.45) is 0. The highest BCUT2D eigenvalue weighted by atomic mass is 35.5.